The van der Waals surface area contributed by atoms with E-state index in [1.165, 1.54) is 0 Å². The molecule has 1 N–H and O–H groups in total. The summed E-state index contributed by atoms with van der Waals surface area (Å²) in [5.74, 6) is 0.704. The Morgan fingerprint density at radius 3 is 2.00 bits per heavy atom. The third-order valence-electron chi connectivity index (χ3n) is 4.07. The van der Waals surface area contributed by atoms with Crippen molar-refractivity contribution >= 4 is 11.8 Å². The second-order valence-electron chi connectivity index (χ2n) is 5.35. The van der Waals surface area contributed by atoms with Gasteiger partial charge in [0.15, 0.2) is 0 Å². The molecule has 0 heterocycles. The molecule has 110 valence electrons. The van der Waals surface area contributed by atoms with Crippen LogP contribution in [-0.4, -0.2) is 36.3 Å². The van der Waals surface area contributed by atoms with Crippen LogP contribution in [0.25, 0.3) is 0 Å². The lowest BCUT2D eigenvalue weighted by atomic mass is 9.81. The molecule has 0 aliphatic heterocycles. The van der Waals surface area contributed by atoms with Gasteiger partial charge in [0.05, 0.1) is 0 Å². The van der Waals surface area contributed by atoms with Gasteiger partial charge in [0, 0.05) is 31.5 Å². The molecule has 2 amide bonds. The summed E-state index contributed by atoms with van der Waals surface area (Å²) < 4.78 is 0. The van der Waals surface area contributed by atoms with Crippen LogP contribution >= 0.6 is 0 Å². The maximum absolute atomic E-state index is 12.2. The van der Waals surface area contributed by atoms with Crippen LogP contribution in [0.1, 0.15) is 52.9 Å². The highest BCUT2D eigenvalue weighted by atomic mass is 16.2. The van der Waals surface area contributed by atoms with Gasteiger partial charge in [0.1, 0.15) is 0 Å². The van der Waals surface area contributed by atoms with E-state index < -0.39 is 0 Å². The molecule has 19 heavy (non-hydrogen) atoms. The zero-order valence-electron chi connectivity index (χ0n) is 12.6. The zero-order chi connectivity index (χ0) is 14.3. The molecule has 0 bridgehead atoms. The Hall–Kier alpha value is -1.06. The molecule has 0 unspecified atom stereocenters. The minimum Gasteiger partial charge on any atom is -0.356 e. The monoisotopic (exact) mass is 268 g/mol. The number of hydrogen-bond acceptors (Lipinski definition) is 2. The summed E-state index contributed by atoms with van der Waals surface area (Å²) >= 11 is 0. The Labute approximate surface area is 116 Å². The van der Waals surface area contributed by atoms with E-state index in [4.69, 9.17) is 0 Å². The van der Waals surface area contributed by atoms with Gasteiger partial charge >= 0.3 is 0 Å². The maximum atomic E-state index is 12.2. The lowest BCUT2D eigenvalue weighted by molar-refractivity contribution is -0.138. The number of carbonyl (C=O) groups is 2. The first kappa shape index (κ1) is 16.0. The van der Waals surface area contributed by atoms with E-state index in [1.807, 2.05) is 18.7 Å². The largest absolute Gasteiger partial charge is 0.356 e. The SMILES string of the molecule is CCCNC(=O)C1CCC(C(=O)N(CC)CC)CC1. The molecule has 0 aromatic carbocycles. The van der Waals surface area contributed by atoms with E-state index in [1.54, 1.807) is 0 Å². The van der Waals surface area contributed by atoms with Crippen molar-refractivity contribution in [2.75, 3.05) is 19.6 Å². The summed E-state index contributed by atoms with van der Waals surface area (Å²) in [7, 11) is 0. The van der Waals surface area contributed by atoms with Crippen molar-refractivity contribution in [3.63, 3.8) is 0 Å². The molecule has 1 aliphatic carbocycles. The van der Waals surface area contributed by atoms with E-state index in [-0.39, 0.29) is 23.7 Å². The standard InChI is InChI=1S/C15H28N2O2/c1-4-11-16-14(18)12-7-9-13(10-8-12)15(19)17(5-2)6-3/h12-13H,4-11H2,1-3H3,(H,16,18). The molecule has 0 atom stereocenters. The van der Waals surface area contributed by atoms with E-state index in [2.05, 4.69) is 12.2 Å². The van der Waals surface area contributed by atoms with Gasteiger partial charge in [-0.2, -0.15) is 0 Å². The number of amides is 2. The van der Waals surface area contributed by atoms with E-state index in [0.717, 1.165) is 51.7 Å². The van der Waals surface area contributed by atoms with Crippen molar-refractivity contribution in [3.05, 3.63) is 0 Å². The van der Waals surface area contributed by atoms with Crippen LogP contribution in [0.15, 0.2) is 0 Å². The summed E-state index contributed by atoms with van der Waals surface area (Å²) in [6.07, 6.45) is 4.40. The first-order valence-electron chi connectivity index (χ1n) is 7.70. The van der Waals surface area contributed by atoms with Crippen LogP contribution < -0.4 is 5.32 Å². The highest BCUT2D eigenvalue weighted by molar-refractivity contribution is 5.81. The molecular weight excluding hydrogens is 240 g/mol. The van der Waals surface area contributed by atoms with Gasteiger partial charge in [-0.25, -0.2) is 0 Å². The third kappa shape index (κ3) is 4.51. The number of carbonyl (C=O) groups excluding carboxylic acids is 2. The van der Waals surface area contributed by atoms with Crippen LogP contribution in [0.3, 0.4) is 0 Å². The second-order valence-corrected chi connectivity index (χ2v) is 5.35. The Morgan fingerprint density at radius 1 is 1.00 bits per heavy atom. The average molecular weight is 268 g/mol. The first-order valence-corrected chi connectivity index (χ1v) is 7.70. The topological polar surface area (TPSA) is 49.4 Å². The van der Waals surface area contributed by atoms with Crippen LogP contribution in [-0.2, 0) is 9.59 Å². The molecule has 1 rings (SSSR count). The van der Waals surface area contributed by atoms with E-state index in [0.29, 0.717) is 0 Å². The summed E-state index contributed by atoms with van der Waals surface area (Å²) in [6, 6.07) is 0. The molecule has 0 radical (unpaired) electrons. The van der Waals surface area contributed by atoms with Crippen molar-refractivity contribution in [2.45, 2.75) is 52.9 Å². The molecule has 1 aliphatic rings. The molecule has 0 aromatic heterocycles. The van der Waals surface area contributed by atoms with Crippen molar-refractivity contribution in [2.24, 2.45) is 11.8 Å². The van der Waals surface area contributed by atoms with Gasteiger partial charge in [-0.05, 0) is 46.0 Å². The van der Waals surface area contributed by atoms with E-state index >= 15 is 0 Å². The molecule has 4 nitrogen and oxygen atoms in total. The summed E-state index contributed by atoms with van der Waals surface area (Å²) in [4.78, 5) is 26.0. The van der Waals surface area contributed by atoms with Gasteiger partial charge in [0.25, 0.3) is 0 Å². The first-order chi connectivity index (χ1) is 9.13. The number of nitrogens with zero attached hydrogens (tertiary/aromatic N) is 1. The Bertz CT molecular complexity index is 293. The fourth-order valence-corrected chi connectivity index (χ4v) is 2.79. The highest BCUT2D eigenvalue weighted by Gasteiger charge is 2.31. The quantitative estimate of drug-likeness (QED) is 0.802. The maximum Gasteiger partial charge on any atom is 0.225 e. The van der Waals surface area contributed by atoms with Crippen molar-refractivity contribution in [3.8, 4) is 0 Å². The van der Waals surface area contributed by atoms with Crippen molar-refractivity contribution in [1.29, 1.82) is 0 Å². The fourth-order valence-electron chi connectivity index (χ4n) is 2.79. The second kappa shape index (κ2) is 8.18. The lowest BCUT2D eigenvalue weighted by Gasteiger charge is -2.30. The van der Waals surface area contributed by atoms with Gasteiger partial charge in [-0.15, -0.1) is 0 Å². The predicted molar refractivity (Wildman–Crippen MR) is 76.7 cm³/mol. The molecule has 4 heteroatoms. The summed E-state index contributed by atoms with van der Waals surface area (Å²) in [5.41, 5.74) is 0. The fraction of sp³-hybridized carbons (Fsp3) is 0.867. The normalized spacial score (nSPS) is 22.9. The van der Waals surface area contributed by atoms with Crippen LogP contribution in [0.2, 0.25) is 0 Å². The molecular formula is C15H28N2O2. The summed E-state index contributed by atoms with van der Waals surface area (Å²) in [5, 5.41) is 2.96. The van der Waals surface area contributed by atoms with Gasteiger partial charge in [0.2, 0.25) is 11.8 Å². The molecule has 1 fully saturated rings. The minimum absolute atomic E-state index is 0.118. The van der Waals surface area contributed by atoms with Gasteiger partial charge in [-0.1, -0.05) is 6.92 Å². The summed E-state index contributed by atoms with van der Waals surface area (Å²) in [6.45, 7) is 8.42. The van der Waals surface area contributed by atoms with Crippen molar-refractivity contribution < 1.29 is 9.59 Å². The minimum atomic E-state index is 0.118. The van der Waals surface area contributed by atoms with Crippen LogP contribution in [0.4, 0.5) is 0 Å². The molecule has 0 saturated heterocycles. The van der Waals surface area contributed by atoms with Gasteiger partial charge in [-0.3, -0.25) is 9.59 Å². The molecule has 1 saturated carbocycles. The van der Waals surface area contributed by atoms with E-state index in [9.17, 15) is 9.59 Å². The number of rotatable bonds is 6. The Balaban J connectivity index is 2.40. The average Bonchev–Trinajstić information content (AvgIpc) is 2.46. The third-order valence-corrected chi connectivity index (χ3v) is 4.07. The highest BCUT2D eigenvalue weighted by Crippen LogP contribution is 2.30. The Kier molecular flexibility index (Phi) is 6.89. The van der Waals surface area contributed by atoms with Crippen molar-refractivity contribution in [1.82, 2.24) is 10.2 Å². The smallest absolute Gasteiger partial charge is 0.225 e. The lowest BCUT2D eigenvalue weighted by Crippen LogP contribution is -2.39. The van der Waals surface area contributed by atoms with Crippen LogP contribution in [0.5, 0.6) is 0 Å². The zero-order valence-corrected chi connectivity index (χ0v) is 12.6. The predicted octanol–water partition coefficient (Wildman–Crippen LogP) is 2.19. The van der Waals surface area contributed by atoms with Gasteiger partial charge < -0.3 is 10.2 Å². The molecule has 0 spiro atoms. The van der Waals surface area contributed by atoms with Crippen LogP contribution in [0, 0.1) is 11.8 Å². The number of hydrogen-bond donors (Lipinski definition) is 1. The molecule has 0 aromatic rings. The number of nitrogens with one attached hydrogen (secondary N) is 1. The Morgan fingerprint density at radius 2 is 1.53 bits per heavy atom.